The van der Waals surface area contributed by atoms with Crippen LogP contribution in [0.3, 0.4) is 0 Å². The number of para-hydroxylation sites is 2. The molecule has 0 spiro atoms. The minimum atomic E-state index is 0.950. The molecule has 0 aliphatic carbocycles. The van der Waals surface area contributed by atoms with Gasteiger partial charge in [0.2, 0.25) is 0 Å². The maximum atomic E-state index is 4.83. The Morgan fingerprint density at radius 3 is 2.57 bits per heavy atom. The Balaban J connectivity index is 1.77. The average molecular weight is 314 g/mol. The summed E-state index contributed by atoms with van der Waals surface area (Å²) in [4.78, 5) is 8.57. The monoisotopic (exact) mass is 314 g/mol. The number of hydrogen-bond donors (Lipinski definition) is 0. The summed E-state index contributed by atoms with van der Waals surface area (Å²) in [5.74, 6) is 0.950. The smallest absolute Gasteiger partial charge is 0.0736 e. The largest absolute Gasteiger partial charge is 0.330 e. The van der Waals surface area contributed by atoms with Gasteiger partial charge in [0.05, 0.1) is 28.3 Å². The van der Waals surface area contributed by atoms with Crippen LogP contribution < -0.4 is 4.90 Å². The van der Waals surface area contributed by atoms with Gasteiger partial charge in [-0.2, -0.15) is 0 Å². The second-order valence-corrected chi connectivity index (χ2v) is 6.68. The van der Waals surface area contributed by atoms with Crippen LogP contribution in [0, 0.1) is 0 Å². The molecule has 0 fully saturated rings. The highest BCUT2D eigenvalue weighted by Crippen LogP contribution is 2.44. The molecule has 0 unspecified atom stereocenters. The van der Waals surface area contributed by atoms with E-state index in [1.165, 1.54) is 27.0 Å². The van der Waals surface area contributed by atoms with E-state index in [4.69, 9.17) is 4.98 Å². The summed E-state index contributed by atoms with van der Waals surface area (Å²) in [5, 5.41) is 2.40. The number of nitrogens with zero attached hydrogens (tertiary/aromatic N) is 2. The van der Waals surface area contributed by atoms with E-state index in [1.807, 2.05) is 17.8 Å². The molecule has 0 saturated carbocycles. The van der Waals surface area contributed by atoms with Gasteiger partial charge < -0.3 is 4.90 Å². The Hall–Kier alpha value is -2.52. The van der Waals surface area contributed by atoms with Crippen molar-refractivity contribution in [2.45, 2.75) is 4.90 Å². The molecule has 3 heteroatoms. The van der Waals surface area contributed by atoms with Crippen LogP contribution in [0.5, 0.6) is 0 Å². The third kappa shape index (κ3) is 2.01. The quantitative estimate of drug-likeness (QED) is 0.426. The van der Waals surface area contributed by atoms with Crippen LogP contribution in [0.25, 0.3) is 21.8 Å². The van der Waals surface area contributed by atoms with Crippen molar-refractivity contribution in [1.82, 2.24) is 4.98 Å². The number of thioether (sulfide) groups is 1. The third-order valence-electron chi connectivity index (χ3n) is 4.33. The predicted octanol–water partition coefficient (Wildman–Crippen LogP) is 5.59. The molecule has 2 nitrogen and oxygen atoms in total. The highest BCUT2D eigenvalue weighted by molar-refractivity contribution is 7.99. The number of fused-ring (bicyclic) bond motifs is 3. The van der Waals surface area contributed by atoms with Crippen molar-refractivity contribution in [3.05, 3.63) is 72.8 Å². The van der Waals surface area contributed by atoms with Gasteiger partial charge in [-0.25, -0.2) is 4.98 Å². The number of anilines is 2. The van der Waals surface area contributed by atoms with Gasteiger partial charge in [0.1, 0.15) is 0 Å². The first-order valence-electron chi connectivity index (χ1n) is 7.68. The standard InChI is InChI=1S/C20H14N2S/c1-2-7-16-14(6-1)12-15-17(21-16)8-5-10-18(15)22-13-23-20-11-4-3-9-19(20)22/h1-12H,13H2. The Morgan fingerprint density at radius 2 is 1.57 bits per heavy atom. The summed E-state index contributed by atoms with van der Waals surface area (Å²) in [6, 6.07) is 25.6. The van der Waals surface area contributed by atoms with E-state index < -0.39 is 0 Å². The molecule has 0 bridgehead atoms. The van der Waals surface area contributed by atoms with E-state index in [0.717, 1.165) is 16.9 Å². The molecule has 23 heavy (non-hydrogen) atoms. The lowest BCUT2D eigenvalue weighted by molar-refractivity contribution is 1.19. The Bertz CT molecular complexity index is 1040. The van der Waals surface area contributed by atoms with Crippen LogP contribution in [-0.2, 0) is 0 Å². The minimum Gasteiger partial charge on any atom is -0.330 e. The first kappa shape index (κ1) is 13.0. The molecule has 0 radical (unpaired) electrons. The topological polar surface area (TPSA) is 16.1 Å². The fourth-order valence-electron chi connectivity index (χ4n) is 3.22. The molecule has 110 valence electrons. The van der Waals surface area contributed by atoms with Crippen molar-refractivity contribution in [2.75, 3.05) is 10.8 Å². The van der Waals surface area contributed by atoms with Gasteiger partial charge in [-0.1, -0.05) is 36.4 Å². The molecule has 5 rings (SSSR count). The number of pyridine rings is 1. The fraction of sp³-hybridized carbons (Fsp3) is 0.0500. The van der Waals surface area contributed by atoms with Crippen molar-refractivity contribution in [1.29, 1.82) is 0 Å². The van der Waals surface area contributed by atoms with E-state index in [2.05, 4.69) is 71.6 Å². The summed E-state index contributed by atoms with van der Waals surface area (Å²) in [7, 11) is 0. The van der Waals surface area contributed by atoms with Crippen LogP contribution in [-0.4, -0.2) is 10.9 Å². The van der Waals surface area contributed by atoms with Gasteiger partial charge in [-0.3, -0.25) is 0 Å². The van der Waals surface area contributed by atoms with E-state index in [0.29, 0.717) is 0 Å². The van der Waals surface area contributed by atoms with Crippen molar-refractivity contribution in [2.24, 2.45) is 0 Å². The number of hydrogen-bond acceptors (Lipinski definition) is 3. The predicted molar refractivity (Wildman–Crippen MR) is 98.6 cm³/mol. The zero-order valence-corrected chi connectivity index (χ0v) is 13.3. The first-order valence-corrected chi connectivity index (χ1v) is 8.67. The average Bonchev–Trinajstić information content (AvgIpc) is 3.03. The number of rotatable bonds is 1. The zero-order valence-electron chi connectivity index (χ0n) is 12.4. The lowest BCUT2D eigenvalue weighted by Gasteiger charge is -2.20. The van der Waals surface area contributed by atoms with Gasteiger partial charge in [0, 0.05) is 15.7 Å². The molecule has 0 N–H and O–H groups in total. The molecular weight excluding hydrogens is 300 g/mol. The summed E-state index contributed by atoms with van der Waals surface area (Å²) < 4.78 is 0. The first-order chi connectivity index (χ1) is 11.4. The Morgan fingerprint density at radius 1 is 0.783 bits per heavy atom. The Kier molecular flexibility index (Phi) is 2.82. The van der Waals surface area contributed by atoms with Crippen molar-refractivity contribution in [3.8, 4) is 0 Å². The minimum absolute atomic E-state index is 0.950. The van der Waals surface area contributed by atoms with Crippen LogP contribution in [0.2, 0.25) is 0 Å². The summed E-state index contributed by atoms with van der Waals surface area (Å²) in [5.41, 5.74) is 4.63. The molecule has 2 heterocycles. The second-order valence-electron chi connectivity index (χ2n) is 5.69. The molecular formula is C20H14N2S. The molecule has 0 saturated heterocycles. The molecule has 3 aromatic carbocycles. The molecule has 4 aromatic rings. The second kappa shape index (κ2) is 5.00. The lowest BCUT2D eigenvalue weighted by atomic mass is 10.1. The SMILES string of the molecule is c1ccc2c(c1)SCN2c1cccc2nc3ccccc3cc12. The fourth-order valence-corrected chi connectivity index (χ4v) is 4.27. The van der Waals surface area contributed by atoms with E-state index >= 15 is 0 Å². The van der Waals surface area contributed by atoms with Crippen LogP contribution >= 0.6 is 11.8 Å². The van der Waals surface area contributed by atoms with Gasteiger partial charge in [0.15, 0.2) is 0 Å². The number of aromatic nitrogens is 1. The summed E-state index contributed by atoms with van der Waals surface area (Å²) in [6.07, 6.45) is 0. The van der Waals surface area contributed by atoms with Crippen LogP contribution in [0.1, 0.15) is 0 Å². The van der Waals surface area contributed by atoms with Gasteiger partial charge >= 0.3 is 0 Å². The number of benzene rings is 3. The Labute approximate surface area is 138 Å². The van der Waals surface area contributed by atoms with Gasteiger partial charge in [0.25, 0.3) is 0 Å². The highest BCUT2D eigenvalue weighted by atomic mass is 32.2. The summed E-state index contributed by atoms with van der Waals surface area (Å²) in [6.45, 7) is 0. The maximum absolute atomic E-state index is 4.83. The van der Waals surface area contributed by atoms with E-state index in [9.17, 15) is 0 Å². The van der Waals surface area contributed by atoms with Crippen LogP contribution in [0.4, 0.5) is 11.4 Å². The van der Waals surface area contributed by atoms with Gasteiger partial charge in [-0.05, 0) is 36.4 Å². The molecule has 0 atom stereocenters. The van der Waals surface area contributed by atoms with Crippen molar-refractivity contribution in [3.63, 3.8) is 0 Å². The third-order valence-corrected chi connectivity index (χ3v) is 5.38. The molecule has 0 amide bonds. The summed E-state index contributed by atoms with van der Waals surface area (Å²) >= 11 is 1.89. The lowest BCUT2D eigenvalue weighted by Crippen LogP contribution is -2.11. The van der Waals surface area contributed by atoms with Crippen molar-refractivity contribution >= 4 is 44.9 Å². The van der Waals surface area contributed by atoms with Gasteiger partial charge in [-0.15, -0.1) is 11.8 Å². The van der Waals surface area contributed by atoms with E-state index in [-0.39, 0.29) is 0 Å². The van der Waals surface area contributed by atoms with Crippen LogP contribution in [0.15, 0.2) is 77.7 Å². The maximum Gasteiger partial charge on any atom is 0.0736 e. The van der Waals surface area contributed by atoms with E-state index in [1.54, 1.807) is 0 Å². The molecule has 1 aliphatic heterocycles. The zero-order chi connectivity index (χ0) is 15.2. The molecule has 1 aromatic heterocycles. The van der Waals surface area contributed by atoms with Crippen molar-refractivity contribution < 1.29 is 0 Å². The normalized spacial score (nSPS) is 13.7. The molecule has 1 aliphatic rings. The highest BCUT2D eigenvalue weighted by Gasteiger charge is 2.22.